The molecule has 106 valence electrons. The fourth-order valence-corrected chi connectivity index (χ4v) is 2.42. The Hall–Kier alpha value is -1.76. The maximum atomic E-state index is 11.4. The first-order valence-corrected chi connectivity index (χ1v) is 6.97. The van der Waals surface area contributed by atoms with Crippen LogP contribution in [0.1, 0.15) is 18.9 Å². The van der Waals surface area contributed by atoms with Crippen LogP contribution in [0.15, 0.2) is 24.3 Å². The Kier molecular flexibility index (Phi) is 5.62. The molecule has 0 aliphatic rings. The molecule has 2 N–H and O–H groups in total. The first-order chi connectivity index (χ1) is 8.91. The molecule has 0 spiro atoms. The van der Waals surface area contributed by atoms with Crippen LogP contribution in [-0.4, -0.2) is 27.2 Å². The molecule has 1 unspecified atom stereocenters. The summed E-state index contributed by atoms with van der Waals surface area (Å²) in [5, 5.41) is 0. The van der Waals surface area contributed by atoms with E-state index in [0.29, 0.717) is 12.1 Å². The summed E-state index contributed by atoms with van der Waals surface area (Å²) < 4.78 is 28.6. The molecule has 0 fully saturated rings. The fourth-order valence-electron chi connectivity index (χ4n) is 1.66. The van der Waals surface area contributed by atoms with E-state index in [0.717, 1.165) is 5.56 Å². The molecule has 1 aromatic carbocycles. The molecule has 7 heteroatoms. The van der Waals surface area contributed by atoms with Gasteiger partial charge in [-0.2, -0.15) is 0 Å². The fraction of sp³-hybridized carbons (Fsp3) is 0.417. The molecule has 1 aromatic rings. The Bertz CT molecular complexity index is 491. The Morgan fingerprint density at radius 1 is 1.37 bits per heavy atom. The summed E-state index contributed by atoms with van der Waals surface area (Å²) in [6.45, 7) is 3.76. The highest BCUT2D eigenvalue weighted by molar-refractivity contribution is 7.74. The second-order valence-corrected chi connectivity index (χ2v) is 5.13. The number of carbonyl (C=O) groups is 1. The summed E-state index contributed by atoms with van der Waals surface area (Å²) in [4.78, 5) is 10.5. The number of amides is 1. The lowest BCUT2D eigenvalue weighted by atomic mass is 10.2. The van der Waals surface area contributed by atoms with Gasteiger partial charge < -0.3 is 10.5 Å². The van der Waals surface area contributed by atoms with Crippen LogP contribution in [0.4, 0.5) is 10.5 Å². The molecule has 6 nitrogen and oxygen atoms in total. The third-order valence-corrected chi connectivity index (χ3v) is 3.65. The number of anilines is 1. The summed E-state index contributed by atoms with van der Waals surface area (Å²) in [6, 6.07) is 6.85. The Morgan fingerprint density at radius 3 is 2.42 bits per heavy atom. The van der Waals surface area contributed by atoms with Crippen LogP contribution in [0.5, 0.6) is 0 Å². The highest BCUT2D eigenvalue weighted by Gasteiger charge is 2.17. The van der Waals surface area contributed by atoms with E-state index in [1.165, 1.54) is 4.31 Å². The third-order valence-electron chi connectivity index (χ3n) is 2.67. The van der Waals surface area contributed by atoms with Crippen LogP contribution in [0.3, 0.4) is 0 Å². The van der Waals surface area contributed by atoms with Crippen LogP contribution < -0.4 is 10.0 Å². The molecule has 0 aromatic heterocycles. The smallest absolute Gasteiger partial charge is 0.404 e. The van der Waals surface area contributed by atoms with Gasteiger partial charge in [-0.1, -0.05) is 17.7 Å². The summed E-state index contributed by atoms with van der Waals surface area (Å²) in [7, 11) is -2.76. The second-order valence-electron chi connectivity index (χ2n) is 4.22. The third kappa shape index (κ3) is 4.78. The van der Waals surface area contributed by atoms with Gasteiger partial charge in [-0.3, -0.25) is 4.31 Å². The number of aryl methyl sites for hydroxylation is 1. The number of nitrogens with zero attached hydrogens (tertiary/aromatic N) is 1. The molecule has 1 amide bonds. The van der Waals surface area contributed by atoms with Crippen molar-refractivity contribution in [3.63, 3.8) is 0 Å². The maximum absolute atomic E-state index is 11.4. The topological polar surface area (TPSA) is 89.7 Å². The number of hydrogen-bond acceptors (Lipinski definition) is 4. The minimum atomic E-state index is -2.76. The summed E-state index contributed by atoms with van der Waals surface area (Å²) in [5.74, 6) is 0. The average Bonchev–Trinajstić information content (AvgIpc) is 2.31. The SMILES string of the molecule is Cc1ccc(N(C(C)CCOC(N)=O)[SH](=O)=O)cc1. The molecule has 0 radical (unpaired) electrons. The number of carbonyl (C=O) groups excluding carboxylic acids is 1. The summed E-state index contributed by atoms with van der Waals surface area (Å²) >= 11 is 0. The van der Waals surface area contributed by atoms with Crippen LogP contribution >= 0.6 is 0 Å². The first-order valence-electron chi connectivity index (χ1n) is 5.84. The van der Waals surface area contributed by atoms with Crippen molar-refractivity contribution >= 4 is 22.7 Å². The van der Waals surface area contributed by atoms with Crippen LogP contribution in [0.25, 0.3) is 0 Å². The quantitative estimate of drug-likeness (QED) is 0.769. The molecule has 19 heavy (non-hydrogen) atoms. The van der Waals surface area contributed by atoms with Gasteiger partial charge in [0, 0.05) is 12.5 Å². The highest BCUT2D eigenvalue weighted by atomic mass is 32.2. The van der Waals surface area contributed by atoms with E-state index in [1.54, 1.807) is 19.1 Å². The normalized spacial score (nSPS) is 12.2. The number of primary amides is 1. The predicted octanol–water partition coefficient (Wildman–Crippen LogP) is 1.20. The van der Waals surface area contributed by atoms with E-state index in [2.05, 4.69) is 4.74 Å². The van der Waals surface area contributed by atoms with Crippen LogP contribution in [0.2, 0.25) is 0 Å². The van der Waals surface area contributed by atoms with Crippen molar-refractivity contribution in [2.24, 2.45) is 5.73 Å². The van der Waals surface area contributed by atoms with Gasteiger partial charge in [-0.05, 0) is 26.0 Å². The largest absolute Gasteiger partial charge is 0.450 e. The molecule has 1 rings (SSSR count). The molecule has 0 aliphatic carbocycles. The number of nitrogens with two attached hydrogens (primary N) is 1. The van der Waals surface area contributed by atoms with Crippen molar-refractivity contribution in [1.82, 2.24) is 0 Å². The lowest BCUT2D eigenvalue weighted by Gasteiger charge is -2.25. The van der Waals surface area contributed by atoms with E-state index < -0.39 is 17.0 Å². The highest BCUT2D eigenvalue weighted by Crippen LogP contribution is 2.19. The van der Waals surface area contributed by atoms with E-state index in [-0.39, 0.29) is 12.6 Å². The average molecular weight is 286 g/mol. The van der Waals surface area contributed by atoms with Gasteiger partial charge in [0.05, 0.1) is 12.3 Å². The Balaban J connectivity index is 2.77. The molecular weight excluding hydrogens is 268 g/mol. The predicted molar refractivity (Wildman–Crippen MR) is 73.6 cm³/mol. The molecule has 0 bridgehead atoms. The minimum absolute atomic E-state index is 0.0854. The van der Waals surface area contributed by atoms with E-state index in [9.17, 15) is 13.2 Å². The van der Waals surface area contributed by atoms with E-state index in [4.69, 9.17) is 5.73 Å². The monoisotopic (exact) mass is 286 g/mol. The Labute approximate surface area is 114 Å². The molecular formula is C12H18N2O4S. The van der Waals surface area contributed by atoms with Gasteiger partial charge in [0.2, 0.25) is 10.9 Å². The molecule has 0 saturated heterocycles. The molecule has 0 heterocycles. The number of rotatable bonds is 6. The molecule has 0 saturated carbocycles. The van der Waals surface area contributed by atoms with Gasteiger partial charge in [0.15, 0.2) is 0 Å². The van der Waals surface area contributed by atoms with Gasteiger partial charge in [0.25, 0.3) is 0 Å². The number of thiol groups is 1. The van der Waals surface area contributed by atoms with Gasteiger partial charge in [-0.15, -0.1) is 0 Å². The van der Waals surface area contributed by atoms with Crippen LogP contribution in [-0.2, 0) is 15.6 Å². The summed E-state index contributed by atoms with van der Waals surface area (Å²) in [6.07, 6.45) is -0.485. The Morgan fingerprint density at radius 2 is 1.95 bits per heavy atom. The lowest BCUT2D eigenvalue weighted by Crippen LogP contribution is -2.33. The number of ether oxygens (including phenoxy) is 1. The molecule has 1 atom stereocenters. The van der Waals surface area contributed by atoms with Crippen LogP contribution in [0, 0.1) is 6.92 Å². The van der Waals surface area contributed by atoms with E-state index in [1.807, 2.05) is 19.1 Å². The number of benzene rings is 1. The van der Waals surface area contributed by atoms with Gasteiger partial charge in [-0.25, -0.2) is 13.2 Å². The van der Waals surface area contributed by atoms with Crippen molar-refractivity contribution in [3.05, 3.63) is 29.8 Å². The van der Waals surface area contributed by atoms with Crippen molar-refractivity contribution in [3.8, 4) is 0 Å². The van der Waals surface area contributed by atoms with Crippen molar-refractivity contribution in [2.75, 3.05) is 10.9 Å². The van der Waals surface area contributed by atoms with E-state index >= 15 is 0 Å². The van der Waals surface area contributed by atoms with Crippen molar-refractivity contribution in [2.45, 2.75) is 26.3 Å². The summed E-state index contributed by atoms with van der Waals surface area (Å²) in [5.41, 5.74) is 6.49. The van der Waals surface area contributed by atoms with Gasteiger partial charge in [0.1, 0.15) is 0 Å². The first kappa shape index (κ1) is 15.3. The zero-order valence-electron chi connectivity index (χ0n) is 10.9. The second kappa shape index (κ2) is 6.98. The zero-order chi connectivity index (χ0) is 14.4. The standard InChI is InChI=1S/C12H18N2O4S/c1-9-3-5-11(6-4-9)14(19(16)17)10(2)7-8-18-12(13)15/h3-6,10,19H,7-8H2,1-2H3,(H2,13,15). The maximum Gasteiger partial charge on any atom is 0.404 e. The van der Waals surface area contributed by atoms with Gasteiger partial charge >= 0.3 is 6.09 Å². The van der Waals surface area contributed by atoms with Crippen molar-refractivity contribution < 1.29 is 17.9 Å². The molecule has 0 aliphatic heterocycles. The van der Waals surface area contributed by atoms with Crippen molar-refractivity contribution in [1.29, 1.82) is 0 Å². The number of hydrogen-bond donors (Lipinski definition) is 2. The lowest BCUT2D eigenvalue weighted by molar-refractivity contribution is 0.153. The zero-order valence-corrected chi connectivity index (χ0v) is 11.8. The minimum Gasteiger partial charge on any atom is -0.450 e.